The summed E-state index contributed by atoms with van der Waals surface area (Å²) in [7, 11) is 0. The van der Waals surface area contributed by atoms with Gasteiger partial charge in [-0.15, -0.1) is 11.3 Å². The van der Waals surface area contributed by atoms with E-state index in [0.717, 1.165) is 13.2 Å². The lowest BCUT2D eigenvalue weighted by Gasteiger charge is -2.14. The fraction of sp³-hybridized carbons (Fsp3) is 0.714. The highest BCUT2D eigenvalue weighted by Gasteiger charge is 2.15. The Bertz CT molecular complexity index is 331. The molecule has 2 rings (SSSR count). The number of rotatable bonds is 6. The number of aryl methyl sites for hydroxylation is 1. The van der Waals surface area contributed by atoms with E-state index in [0.29, 0.717) is 12.1 Å². The molecule has 2 nitrogen and oxygen atoms in total. The van der Waals surface area contributed by atoms with Crippen LogP contribution < -0.4 is 5.32 Å². The molecule has 1 saturated carbocycles. The van der Waals surface area contributed by atoms with E-state index in [1.165, 1.54) is 35.4 Å². The largest absolute Gasteiger partial charge is 0.377 e. The summed E-state index contributed by atoms with van der Waals surface area (Å²) in [6, 6.07) is 4.85. The van der Waals surface area contributed by atoms with Crippen LogP contribution in [0.4, 0.5) is 0 Å². The predicted octanol–water partition coefficient (Wildman–Crippen LogP) is 3.67. The fourth-order valence-corrected chi connectivity index (χ4v) is 3.25. The lowest BCUT2D eigenvalue weighted by atomic mass is 10.3. The number of thiophene rings is 1. The molecule has 0 spiro atoms. The third kappa shape index (κ3) is 4.09. The molecule has 3 heteroatoms. The second-order valence-corrected chi connectivity index (χ2v) is 6.22. The molecule has 1 fully saturated rings. The predicted molar refractivity (Wildman–Crippen MR) is 73.7 cm³/mol. The molecule has 1 unspecified atom stereocenters. The Hall–Kier alpha value is -0.380. The van der Waals surface area contributed by atoms with Crippen molar-refractivity contribution in [3.8, 4) is 0 Å². The molecule has 0 bridgehead atoms. The van der Waals surface area contributed by atoms with Gasteiger partial charge in [-0.25, -0.2) is 0 Å². The van der Waals surface area contributed by atoms with Gasteiger partial charge in [-0.1, -0.05) is 12.8 Å². The number of hydrogen-bond acceptors (Lipinski definition) is 3. The average Bonchev–Trinajstić information content (AvgIpc) is 2.95. The van der Waals surface area contributed by atoms with Gasteiger partial charge < -0.3 is 10.1 Å². The molecule has 1 aromatic heterocycles. The van der Waals surface area contributed by atoms with Crippen molar-refractivity contribution in [1.29, 1.82) is 0 Å². The third-order valence-electron chi connectivity index (χ3n) is 3.40. The van der Waals surface area contributed by atoms with Crippen molar-refractivity contribution in [3.05, 3.63) is 21.9 Å². The molecule has 1 heterocycles. The van der Waals surface area contributed by atoms with Crippen LogP contribution in [-0.4, -0.2) is 19.3 Å². The number of nitrogens with one attached hydrogen (secondary N) is 1. The Morgan fingerprint density at radius 3 is 2.82 bits per heavy atom. The lowest BCUT2D eigenvalue weighted by Crippen LogP contribution is -2.24. The number of hydrogen-bond donors (Lipinski definition) is 1. The average molecular weight is 253 g/mol. The number of ether oxygens (including phenoxy) is 1. The van der Waals surface area contributed by atoms with Crippen molar-refractivity contribution >= 4 is 11.3 Å². The Morgan fingerprint density at radius 1 is 1.41 bits per heavy atom. The molecular weight excluding hydrogens is 230 g/mol. The highest BCUT2D eigenvalue weighted by atomic mass is 32.1. The summed E-state index contributed by atoms with van der Waals surface area (Å²) < 4.78 is 5.84. The molecule has 1 aliphatic carbocycles. The van der Waals surface area contributed by atoms with Gasteiger partial charge in [0.15, 0.2) is 0 Å². The van der Waals surface area contributed by atoms with Gasteiger partial charge in [0.05, 0.1) is 12.7 Å². The normalized spacial score (nSPS) is 18.7. The molecule has 17 heavy (non-hydrogen) atoms. The molecule has 1 aromatic rings. The molecular formula is C14H23NOS. The Balaban J connectivity index is 1.61. The summed E-state index contributed by atoms with van der Waals surface area (Å²) in [5, 5.41) is 3.52. The Kier molecular flexibility index (Phi) is 5.01. The molecule has 0 amide bonds. The van der Waals surface area contributed by atoms with E-state index < -0.39 is 0 Å². The van der Waals surface area contributed by atoms with Crippen molar-refractivity contribution in [2.75, 3.05) is 13.2 Å². The van der Waals surface area contributed by atoms with Crippen molar-refractivity contribution in [2.24, 2.45) is 0 Å². The van der Waals surface area contributed by atoms with E-state index in [4.69, 9.17) is 4.74 Å². The summed E-state index contributed by atoms with van der Waals surface area (Å²) >= 11 is 1.88. The second kappa shape index (κ2) is 6.53. The van der Waals surface area contributed by atoms with Crippen molar-refractivity contribution in [3.63, 3.8) is 0 Å². The Labute approximate surface area is 108 Å². The van der Waals surface area contributed by atoms with Crippen LogP contribution >= 0.6 is 11.3 Å². The van der Waals surface area contributed by atoms with Crippen LogP contribution in [0.15, 0.2) is 12.1 Å². The smallest absolute Gasteiger partial charge is 0.0594 e. The minimum Gasteiger partial charge on any atom is -0.377 e. The zero-order valence-corrected chi connectivity index (χ0v) is 11.7. The summed E-state index contributed by atoms with van der Waals surface area (Å²) in [6.45, 7) is 6.18. The van der Waals surface area contributed by atoms with E-state index in [1.54, 1.807) is 0 Å². The third-order valence-corrected chi connectivity index (χ3v) is 4.58. The maximum Gasteiger partial charge on any atom is 0.0594 e. The molecule has 0 aliphatic heterocycles. The van der Waals surface area contributed by atoms with Crippen LogP contribution in [0.5, 0.6) is 0 Å². The van der Waals surface area contributed by atoms with Crippen molar-refractivity contribution in [1.82, 2.24) is 5.32 Å². The van der Waals surface area contributed by atoms with Crippen molar-refractivity contribution < 1.29 is 4.74 Å². The summed E-state index contributed by atoms with van der Waals surface area (Å²) in [5.41, 5.74) is 0. The minimum atomic E-state index is 0.445. The van der Waals surface area contributed by atoms with Crippen LogP contribution in [0.2, 0.25) is 0 Å². The zero-order chi connectivity index (χ0) is 12.1. The van der Waals surface area contributed by atoms with E-state index in [9.17, 15) is 0 Å². The molecule has 1 aliphatic rings. The Morgan fingerprint density at radius 2 is 2.18 bits per heavy atom. The van der Waals surface area contributed by atoms with Crippen LogP contribution in [0.3, 0.4) is 0 Å². The molecule has 0 aromatic carbocycles. The molecule has 1 atom stereocenters. The minimum absolute atomic E-state index is 0.445. The van der Waals surface area contributed by atoms with Gasteiger partial charge in [0, 0.05) is 22.3 Å². The zero-order valence-electron chi connectivity index (χ0n) is 10.9. The van der Waals surface area contributed by atoms with Crippen molar-refractivity contribution in [2.45, 2.75) is 51.7 Å². The summed E-state index contributed by atoms with van der Waals surface area (Å²) in [6.07, 6.45) is 5.77. The van der Waals surface area contributed by atoms with Crippen LogP contribution in [-0.2, 0) is 4.74 Å². The van der Waals surface area contributed by atoms with Crippen LogP contribution in [0.1, 0.15) is 48.4 Å². The first-order valence-electron chi connectivity index (χ1n) is 6.67. The molecule has 96 valence electrons. The highest BCUT2D eigenvalue weighted by Crippen LogP contribution is 2.22. The standard InChI is InChI=1S/C14H23NOS/c1-11-7-8-14(17-11)12(2)15-9-10-16-13-5-3-4-6-13/h7-8,12-13,15H,3-6,9-10H2,1-2H3. The first-order valence-corrected chi connectivity index (χ1v) is 7.48. The topological polar surface area (TPSA) is 21.3 Å². The van der Waals surface area contributed by atoms with Gasteiger partial charge in [0.1, 0.15) is 0 Å². The van der Waals surface area contributed by atoms with Gasteiger partial charge in [0.2, 0.25) is 0 Å². The van der Waals surface area contributed by atoms with Crippen LogP contribution in [0, 0.1) is 6.92 Å². The summed E-state index contributed by atoms with van der Waals surface area (Å²) in [5.74, 6) is 0. The van der Waals surface area contributed by atoms with E-state index >= 15 is 0 Å². The maximum absolute atomic E-state index is 5.84. The van der Waals surface area contributed by atoms with Gasteiger partial charge in [0.25, 0.3) is 0 Å². The summed E-state index contributed by atoms with van der Waals surface area (Å²) in [4.78, 5) is 2.80. The van der Waals surface area contributed by atoms with E-state index in [2.05, 4.69) is 31.3 Å². The first kappa shape index (κ1) is 13.1. The highest BCUT2D eigenvalue weighted by molar-refractivity contribution is 7.12. The monoisotopic (exact) mass is 253 g/mol. The molecule has 0 radical (unpaired) electrons. The van der Waals surface area contributed by atoms with Gasteiger partial charge in [-0.2, -0.15) is 0 Å². The van der Waals surface area contributed by atoms with Gasteiger partial charge >= 0.3 is 0 Å². The van der Waals surface area contributed by atoms with Gasteiger partial charge in [-0.05, 0) is 38.8 Å². The van der Waals surface area contributed by atoms with Crippen LogP contribution in [0.25, 0.3) is 0 Å². The molecule has 0 saturated heterocycles. The quantitative estimate of drug-likeness (QED) is 0.781. The second-order valence-electron chi connectivity index (χ2n) is 4.90. The first-order chi connectivity index (χ1) is 8.25. The lowest BCUT2D eigenvalue weighted by molar-refractivity contribution is 0.0594. The van der Waals surface area contributed by atoms with E-state index in [1.807, 2.05) is 11.3 Å². The maximum atomic E-state index is 5.84. The molecule has 1 N–H and O–H groups in total. The van der Waals surface area contributed by atoms with E-state index in [-0.39, 0.29) is 0 Å². The fourth-order valence-electron chi connectivity index (χ4n) is 2.34. The SMILES string of the molecule is Cc1ccc(C(C)NCCOC2CCCC2)s1. The van der Waals surface area contributed by atoms with Gasteiger partial charge in [-0.3, -0.25) is 0 Å².